The van der Waals surface area contributed by atoms with Crippen molar-refractivity contribution >= 4 is 11.6 Å². The van der Waals surface area contributed by atoms with Crippen LogP contribution in [0.25, 0.3) is 0 Å². The average Bonchev–Trinajstić information content (AvgIpc) is 2.32. The number of morpholine rings is 1. The quantitative estimate of drug-likeness (QED) is 0.888. The molecule has 3 nitrogen and oxygen atoms in total. The van der Waals surface area contributed by atoms with Gasteiger partial charge < -0.3 is 15.2 Å². The molecular weight excluding hydrogens is 257 g/mol. The Kier molecular flexibility index (Phi) is 4.56. The summed E-state index contributed by atoms with van der Waals surface area (Å²) in [5, 5.41) is 13.5. The van der Waals surface area contributed by atoms with E-state index in [0.29, 0.717) is 25.2 Å². The van der Waals surface area contributed by atoms with Crippen molar-refractivity contribution < 1.29 is 14.2 Å². The van der Waals surface area contributed by atoms with E-state index in [-0.39, 0.29) is 17.1 Å². The molecule has 0 bridgehead atoms. The Balaban J connectivity index is 1.98. The third-order valence-corrected chi connectivity index (χ3v) is 3.33. The number of hydrogen-bond donors (Lipinski definition) is 2. The van der Waals surface area contributed by atoms with Gasteiger partial charge in [-0.05, 0) is 31.0 Å². The number of nitrogens with one attached hydrogen (secondary N) is 1. The second-order valence-corrected chi connectivity index (χ2v) is 5.13. The molecule has 1 aromatic rings. The molecule has 0 spiro atoms. The van der Waals surface area contributed by atoms with E-state index in [1.54, 1.807) is 6.07 Å². The highest BCUT2D eigenvalue weighted by Gasteiger charge is 2.22. The normalized spacial score (nSPS) is 26.0. The van der Waals surface area contributed by atoms with Crippen LogP contribution in [0, 0.1) is 5.82 Å². The van der Waals surface area contributed by atoms with Gasteiger partial charge in [0.15, 0.2) is 0 Å². The number of rotatable bonds is 3. The Morgan fingerprint density at radius 3 is 3.00 bits per heavy atom. The Morgan fingerprint density at radius 1 is 1.56 bits per heavy atom. The molecule has 0 aromatic heterocycles. The number of benzene rings is 1. The lowest BCUT2D eigenvalue weighted by Gasteiger charge is -2.30. The van der Waals surface area contributed by atoms with Gasteiger partial charge in [-0.15, -0.1) is 0 Å². The van der Waals surface area contributed by atoms with Crippen molar-refractivity contribution in [3.05, 3.63) is 34.6 Å². The highest BCUT2D eigenvalue weighted by atomic mass is 35.5. The first-order chi connectivity index (χ1) is 8.56. The molecule has 0 saturated carbocycles. The van der Waals surface area contributed by atoms with Crippen LogP contribution in [0.4, 0.5) is 4.39 Å². The van der Waals surface area contributed by atoms with Crippen LogP contribution in [0.3, 0.4) is 0 Å². The van der Waals surface area contributed by atoms with Crippen LogP contribution in [0.5, 0.6) is 0 Å². The molecular formula is C13H17ClFNO2. The van der Waals surface area contributed by atoms with Crippen LogP contribution in [0.1, 0.15) is 25.0 Å². The minimum Gasteiger partial charge on any atom is -0.388 e. The lowest BCUT2D eigenvalue weighted by molar-refractivity contribution is 0.0304. The minimum absolute atomic E-state index is 0.0350. The summed E-state index contributed by atoms with van der Waals surface area (Å²) in [6.45, 7) is 3.30. The van der Waals surface area contributed by atoms with E-state index in [0.717, 1.165) is 0 Å². The van der Waals surface area contributed by atoms with E-state index >= 15 is 0 Å². The molecule has 5 heteroatoms. The zero-order valence-corrected chi connectivity index (χ0v) is 11.0. The fourth-order valence-electron chi connectivity index (χ4n) is 2.15. The topological polar surface area (TPSA) is 41.5 Å². The highest BCUT2D eigenvalue weighted by Crippen LogP contribution is 2.24. The van der Waals surface area contributed by atoms with Gasteiger partial charge in [0.05, 0.1) is 24.3 Å². The molecule has 1 saturated heterocycles. The molecule has 100 valence electrons. The SMILES string of the molecule is CC1COCC(CC(O)c2ccc(F)c(Cl)c2)N1. The van der Waals surface area contributed by atoms with Crippen molar-refractivity contribution in [2.24, 2.45) is 0 Å². The van der Waals surface area contributed by atoms with Gasteiger partial charge in [0.2, 0.25) is 0 Å². The van der Waals surface area contributed by atoms with Gasteiger partial charge in [-0.2, -0.15) is 0 Å². The molecule has 0 amide bonds. The molecule has 3 atom stereocenters. The molecule has 1 fully saturated rings. The monoisotopic (exact) mass is 273 g/mol. The summed E-state index contributed by atoms with van der Waals surface area (Å²) in [6.07, 6.45) is -0.152. The molecule has 2 N–H and O–H groups in total. The molecule has 2 rings (SSSR count). The summed E-state index contributed by atoms with van der Waals surface area (Å²) in [5.74, 6) is -0.472. The van der Waals surface area contributed by atoms with Crippen molar-refractivity contribution in [1.82, 2.24) is 5.32 Å². The fraction of sp³-hybridized carbons (Fsp3) is 0.538. The van der Waals surface area contributed by atoms with Crippen molar-refractivity contribution in [2.75, 3.05) is 13.2 Å². The fourth-order valence-corrected chi connectivity index (χ4v) is 2.34. The zero-order chi connectivity index (χ0) is 13.1. The first-order valence-electron chi connectivity index (χ1n) is 6.03. The van der Waals surface area contributed by atoms with Crippen LogP contribution in [0.2, 0.25) is 5.02 Å². The third kappa shape index (κ3) is 3.42. The summed E-state index contributed by atoms with van der Waals surface area (Å²) in [5.41, 5.74) is 0.626. The molecule has 1 aliphatic heterocycles. The molecule has 1 aliphatic rings. The molecule has 3 unspecified atom stereocenters. The van der Waals surface area contributed by atoms with Crippen molar-refractivity contribution in [2.45, 2.75) is 31.5 Å². The molecule has 0 radical (unpaired) electrons. The lowest BCUT2D eigenvalue weighted by atomic mass is 10.0. The Morgan fingerprint density at radius 2 is 2.33 bits per heavy atom. The third-order valence-electron chi connectivity index (χ3n) is 3.04. The van der Waals surface area contributed by atoms with Crippen LogP contribution < -0.4 is 5.32 Å². The summed E-state index contributed by atoms with van der Waals surface area (Å²) >= 11 is 5.70. The van der Waals surface area contributed by atoms with E-state index in [1.807, 2.05) is 6.92 Å². The molecule has 1 aromatic carbocycles. The van der Waals surface area contributed by atoms with E-state index in [9.17, 15) is 9.50 Å². The second kappa shape index (κ2) is 5.97. The van der Waals surface area contributed by atoms with E-state index in [4.69, 9.17) is 16.3 Å². The largest absolute Gasteiger partial charge is 0.388 e. The maximum atomic E-state index is 13.0. The van der Waals surface area contributed by atoms with Crippen LogP contribution >= 0.6 is 11.6 Å². The number of halogens is 2. The summed E-state index contributed by atoms with van der Waals surface area (Å²) in [7, 11) is 0. The Hall–Kier alpha value is -0.680. The average molecular weight is 274 g/mol. The van der Waals surface area contributed by atoms with Gasteiger partial charge in [-0.25, -0.2) is 4.39 Å². The molecule has 0 aliphatic carbocycles. The maximum absolute atomic E-state index is 13.0. The minimum atomic E-state index is -0.672. The first-order valence-corrected chi connectivity index (χ1v) is 6.41. The van der Waals surface area contributed by atoms with Crippen molar-refractivity contribution in [3.8, 4) is 0 Å². The van der Waals surface area contributed by atoms with Crippen LogP contribution in [0.15, 0.2) is 18.2 Å². The highest BCUT2D eigenvalue weighted by molar-refractivity contribution is 6.30. The standard InChI is InChI=1S/C13H17ClFNO2/c1-8-6-18-7-10(16-8)5-13(17)9-2-3-12(15)11(14)4-9/h2-4,8,10,13,16-17H,5-7H2,1H3. The zero-order valence-electron chi connectivity index (χ0n) is 10.2. The molecule has 1 heterocycles. The van der Waals surface area contributed by atoms with Crippen molar-refractivity contribution in [1.29, 1.82) is 0 Å². The number of hydrogen-bond acceptors (Lipinski definition) is 3. The Bertz CT molecular complexity index is 416. The molecule has 18 heavy (non-hydrogen) atoms. The van der Waals surface area contributed by atoms with Gasteiger partial charge >= 0.3 is 0 Å². The van der Waals surface area contributed by atoms with E-state index < -0.39 is 11.9 Å². The van der Waals surface area contributed by atoms with Crippen molar-refractivity contribution in [3.63, 3.8) is 0 Å². The second-order valence-electron chi connectivity index (χ2n) is 4.73. The number of ether oxygens (including phenoxy) is 1. The van der Waals surface area contributed by atoms with Crippen LogP contribution in [-0.4, -0.2) is 30.4 Å². The van der Waals surface area contributed by atoms with Gasteiger partial charge in [0.1, 0.15) is 5.82 Å². The lowest BCUT2D eigenvalue weighted by Crippen LogP contribution is -2.47. The summed E-state index contributed by atoms with van der Waals surface area (Å²) in [4.78, 5) is 0. The number of aliphatic hydroxyl groups excluding tert-OH is 1. The Labute approximate surface area is 111 Å². The first kappa shape index (κ1) is 13.7. The predicted molar refractivity (Wildman–Crippen MR) is 68.2 cm³/mol. The van der Waals surface area contributed by atoms with Crippen LogP contribution in [-0.2, 0) is 4.74 Å². The van der Waals surface area contributed by atoms with E-state index in [2.05, 4.69) is 5.32 Å². The number of aliphatic hydroxyl groups is 1. The summed E-state index contributed by atoms with van der Waals surface area (Å²) in [6, 6.07) is 4.68. The summed E-state index contributed by atoms with van der Waals surface area (Å²) < 4.78 is 18.4. The van der Waals surface area contributed by atoms with Gasteiger partial charge in [0.25, 0.3) is 0 Å². The van der Waals surface area contributed by atoms with Gasteiger partial charge in [-0.1, -0.05) is 17.7 Å². The predicted octanol–water partition coefficient (Wildman–Crippen LogP) is 2.28. The smallest absolute Gasteiger partial charge is 0.141 e. The van der Waals surface area contributed by atoms with Gasteiger partial charge in [-0.3, -0.25) is 0 Å². The van der Waals surface area contributed by atoms with E-state index in [1.165, 1.54) is 12.1 Å². The maximum Gasteiger partial charge on any atom is 0.141 e. The van der Waals surface area contributed by atoms with Gasteiger partial charge in [0, 0.05) is 12.1 Å².